The largest absolute Gasteiger partial charge is 0.481 e. The van der Waals surface area contributed by atoms with Gasteiger partial charge in [-0.2, -0.15) is 0 Å². The van der Waals surface area contributed by atoms with E-state index in [9.17, 15) is 29.4 Å². The average molecular weight is 446 g/mol. The number of nitrogens with zero attached hydrogens (tertiary/aromatic N) is 4. The third-order valence-corrected chi connectivity index (χ3v) is 5.22. The van der Waals surface area contributed by atoms with Crippen molar-refractivity contribution in [3.8, 4) is 0 Å². The number of carboxylic acid groups (broad SMARTS) is 3. The molecule has 31 heavy (non-hydrogen) atoms. The van der Waals surface area contributed by atoms with Gasteiger partial charge < -0.3 is 30.4 Å². The Bertz CT molecular complexity index is 572. The van der Waals surface area contributed by atoms with E-state index >= 15 is 0 Å². The van der Waals surface area contributed by atoms with Crippen molar-refractivity contribution < 1.29 is 34.5 Å². The molecular formula is C19H35N5O7. The number of nitrogens with one attached hydrogen (secondary N) is 1. The van der Waals surface area contributed by atoms with Crippen LogP contribution in [0.25, 0.3) is 0 Å². The Balaban J connectivity index is 2.89. The lowest BCUT2D eigenvalue weighted by molar-refractivity contribution is -0.139. The van der Waals surface area contributed by atoms with Crippen LogP contribution in [0.5, 0.6) is 0 Å². The molecule has 1 fully saturated rings. The highest BCUT2D eigenvalue weighted by Gasteiger charge is 2.19. The molecular weight excluding hydrogens is 410 g/mol. The number of amides is 1. The number of carbonyl (C=O) groups is 4. The maximum absolute atomic E-state index is 11.6. The minimum Gasteiger partial charge on any atom is -0.481 e. The molecule has 12 nitrogen and oxygen atoms in total. The topological polar surface area (TPSA) is 154 Å². The van der Waals surface area contributed by atoms with Crippen molar-refractivity contribution in [1.29, 1.82) is 0 Å². The van der Waals surface area contributed by atoms with Crippen LogP contribution in [-0.2, 0) is 19.2 Å². The van der Waals surface area contributed by atoms with Gasteiger partial charge in [-0.3, -0.25) is 29.0 Å². The summed E-state index contributed by atoms with van der Waals surface area (Å²) >= 11 is 0. The first-order chi connectivity index (χ1) is 14.7. The molecule has 0 spiro atoms. The van der Waals surface area contributed by atoms with Gasteiger partial charge in [0.05, 0.1) is 19.5 Å². The Kier molecular flexibility index (Phi) is 12.7. The summed E-state index contributed by atoms with van der Waals surface area (Å²) in [5.74, 6) is -2.88. The summed E-state index contributed by atoms with van der Waals surface area (Å²) in [7, 11) is 1.57. The van der Waals surface area contributed by atoms with E-state index < -0.39 is 17.9 Å². The molecule has 1 amide bonds. The van der Waals surface area contributed by atoms with Crippen molar-refractivity contribution in [3.63, 3.8) is 0 Å². The normalized spacial score (nSPS) is 18.6. The van der Waals surface area contributed by atoms with E-state index in [1.54, 1.807) is 16.8 Å². The third kappa shape index (κ3) is 12.9. The predicted octanol–water partition coefficient (Wildman–Crippen LogP) is -2.01. The Morgan fingerprint density at radius 3 is 1.29 bits per heavy atom. The minimum absolute atomic E-state index is 0.0366. The minimum atomic E-state index is -0.936. The summed E-state index contributed by atoms with van der Waals surface area (Å²) in [6.07, 6.45) is 0.266. The number of hydrogen-bond donors (Lipinski definition) is 4. The van der Waals surface area contributed by atoms with Crippen molar-refractivity contribution in [3.05, 3.63) is 0 Å². The van der Waals surface area contributed by atoms with Gasteiger partial charge in [0.1, 0.15) is 0 Å². The van der Waals surface area contributed by atoms with Gasteiger partial charge in [0.25, 0.3) is 0 Å². The number of carboxylic acids is 3. The fraction of sp³-hybridized carbons (Fsp3) is 0.789. The van der Waals surface area contributed by atoms with Crippen LogP contribution in [0, 0.1) is 0 Å². The molecule has 178 valence electrons. The smallest absolute Gasteiger partial charge is 0.317 e. The van der Waals surface area contributed by atoms with Gasteiger partial charge in [0, 0.05) is 78.9 Å². The standard InChI is InChI=1S/C19H35N5O7/c1-20-16(25)2-4-21-6-10-23(14-18(28)29)12-8-22(5-3-17(26)27)9-13-24(11-7-21)15-19(30)31/h2-15H2,1H3,(H,20,25)(H,26,27)(H,28,29)(H,30,31). The second-order valence-electron chi connectivity index (χ2n) is 7.59. The predicted molar refractivity (Wildman–Crippen MR) is 112 cm³/mol. The highest BCUT2D eigenvalue weighted by molar-refractivity contribution is 5.75. The average Bonchev–Trinajstić information content (AvgIpc) is 2.69. The van der Waals surface area contributed by atoms with Gasteiger partial charge in [-0.25, -0.2) is 0 Å². The van der Waals surface area contributed by atoms with Gasteiger partial charge in [0.2, 0.25) is 5.91 Å². The van der Waals surface area contributed by atoms with Crippen LogP contribution >= 0.6 is 0 Å². The highest BCUT2D eigenvalue weighted by Crippen LogP contribution is 2.03. The lowest BCUT2D eigenvalue weighted by atomic mass is 10.3. The van der Waals surface area contributed by atoms with Crippen molar-refractivity contribution in [2.24, 2.45) is 0 Å². The first kappa shape index (κ1) is 26.8. The Hall–Kier alpha value is -2.28. The van der Waals surface area contributed by atoms with Crippen molar-refractivity contribution in [2.45, 2.75) is 12.8 Å². The zero-order chi connectivity index (χ0) is 23.2. The summed E-state index contributed by atoms with van der Waals surface area (Å²) in [5, 5.41) is 30.0. The first-order valence-corrected chi connectivity index (χ1v) is 10.4. The fourth-order valence-corrected chi connectivity index (χ4v) is 3.36. The molecule has 0 aliphatic carbocycles. The summed E-state index contributed by atoms with van der Waals surface area (Å²) in [6.45, 7) is 4.48. The SMILES string of the molecule is CNC(=O)CCN1CCN(CC(=O)O)CCN(CCC(=O)O)CCN(CC(=O)O)CC1. The van der Waals surface area contributed by atoms with Crippen LogP contribution in [0.4, 0.5) is 0 Å². The van der Waals surface area contributed by atoms with Gasteiger partial charge in [-0.15, -0.1) is 0 Å². The van der Waals surface area contributed by atoms with Gasteiger partial charge in [-0.1, -0.05) is 0 Å². The number of aliphatic carboxylic acids is 3. The monoisotopic (exact) mass is 445 g/mol. The van der Waals surface area contributed by atoms with Crippen LogP contribution in [0.1, 0.15) is 12.8 Å². The summed E-state index contributed by atoms with van der Waals surface area (Å²) in [5.41, 5.74) is 0. The molecule has 0 saturated carbocycles. The molecule has 1 heterocycles. The molecule has 4 N–H and O–H groups in total. The number of carbonyl (C=O) groups excluding carboxylic acids is 1. The molecule has 1 saturated heterocycles. The van der Waals surface area contributed by atoms with Crippen LogP contribution in [-0.4, -0.2) is 144 Å². The quantitative estimate of drug-likeness (QED) is 0.295. The van der Waals surface area contributed by atoms with E-state index in [-0.39, 0.29) is 25.4 Å². The van der Waals surface area contributed by atoms with E-state index in [1.165, 1.54) is 0 Å². The Morgan fingerprint density at radius 1 is 0.613 bits per heavy atom. The van der Waals surface area contributed by atoms with E-state index in [0.29, 0.717) is 71.9 Å². The van der Waals surface area contributed by atoms with Crippen molar-refractivity contribution in [2.75, 3.05) is 85.6 Å². The molecule has 0 aromatic heterocycles. The Labute approximate surface area is 182 Å². The summed E-state index contributed by atoms with van der Waals surface area (Å²) < 4.78 is 0. The van der Waals surface area contributed by atoms with E-state index in [1.807, 2.05) is 9.80 Å². The molecule has 0 unspecified atom stereocenters. The van der Waals surface area contributed by atoms with E-state index in [2.05, 4.69) is 5.32 Å². The Morgan fingerprint density at radius 2 is 0.968 bits per heavy atom. The van der Waals surface area contributed by atoms with E-state index in [4.69, 9.17) is 5.11 Å². The lowest BCUT2D eigenvalue weighted by Gasteiger charge is -2.33. The molecule has 0 aromatic carbocycles. The van der Waals surface area contributed by atoms with E-state index in [0.717, 1.165) is 0 Å². The molecule has 0 radical (unpaired) electrons. The lowest BCUT2D eigenvalue weighted by Crippen LogP contribution is -2.48. The van der Waals surface area contributed by atoms with Crippen LogP contribution < -0.4 is 5.32 Å². The summed E-state index contributed by atoms with van der Waals surface area (Å²) in [4.78, 5) is 52.7. The number of hydrogen-bond acceptors (Lipinski definition) is 8. The molecule has 0 bridgehead atoms. The maximum Gasteiger partial charge on any atom is 0.317 e. The molecule has 0 aromatic rings. The maximum atomic E-state index is 11.6. The van der Waals surface area contributed by atoms with Crippen molar-refractivity contribution >= 4 is 23.8 Å². The molecule has 1 aliphatic heterocycles. The zero-order valence-corrected chi connectivity index (χ0v) is 18.2. The summed E-state index contributed by atoms with van der Waals surface area (Å²) in [6, 6.07) is 0. The molecule has 12 heteroatoms. The number of rotatable bonds is 10. The third-order valence-electron chi connectivity index (χ3n) is 5.22. The second kappa shape index (κ2) is 14.7. The van der Waals surface area contributed by atoms with Gasteiger partial charge >= 0.3 is 17.9 Å². The van der Waals surface area contributed by atoms with Crippen LogP contribution in [0.15, 0.2) is 0 Å². The molecule has 1 rings (SSSR count). The first-order valence-electron chi connectivity index (χ1n) is 10.4. The van der Waals surface area contributed by atoms with Gasteiger partial charge in [0.15, 0.2) is 0 Å². The second-order valence-corrected chi connectivity index (χ2v) is 7.59. The molecule has 1 aliphatic rings. The van der Waals surface area contributed by atoms with Crippen LogP contribution in [0.3, 0.4) is 0 Å². The van der Waals surface area contributed by atoms with Gasteiger partial charge in [-0.05, 0) is 0 Å². The zero-order valence-electron chi connectivity index (χ0n) is 18.2. The molecule has 0 atom stereocenters. The highest BCUT2D eigenvalue weighted by atomic mass is 16.4. The fourth-order valence-electron chi connectivity index (χ4n) is 3.36. The van der Waals surface area contributed by atoms with Crippen molar-refractivity contribution in [1.82, 2.24) is 24.9 Å². The van der Waals surface area contributed by atoms with Crippen LogP contribution in [0.2, 0.25) is 0 Å².